The molecule has 0 unspecified atom stereocenters. The van der Waals surface area contributed by atoms with Crippen LogP contribution in [-0.4, -0.2) is 42.5 Å². The standard InChI is InChI=1S/C16H13FN2O4S/c17-11-3-1-10(2-4-11)12-5-6-13(24-12)15(21)23-9-14(20)19-8-7-18-16(19)22/h1-6H,7-9H2,(H,18,22). The number of carbonyl (C=O) groups excluding carboxylic acids is 3. The molecule has 1 aliphatic rings. The van der Waals surface area contributed by atoms with Crippen molar-refractivity contribution in [2.75, 3.05) is 19.7 Å². The summed E-state index contributed by atoms with van der Waals surface area (Å²) < 4.78 is 17.9. The van der Waals surface area contributed by atoms with E-state index >= 15 is 0 Å². The van der Waals surface area contributed by atoms with Gasteiger partial charge in [-0.05, 0) is 29.8 Å². The average molecular weight is 348 g/mol. The van der Waals surface area contributed by atoms with Gasteiger partial charge in [0, 0.05) is 18.0 Å². The summed E-state index contributed by atoms with van der Waals surface area (Å²) in [6, 6.07) is 8.74. The molecular formula is C16H13FN2O4S. The summed E-state index contributed by atoms with van der Waals surface area (Å²) in [5, 5.41) is 2.50. The first-order chi connectivity index (χ1) is 11.5. The molecule has 2 aromatic rings. The molecule has 24 heavy (non-hydrogen) atoms. The number of thiophene rings is 1. The lowest BCUT2D eigenvalue weighted by atomic mass is 10.2. The fourth-order valence-corrected chi connectivity index (χ4v) is 3.11. The Kier molecular flexibility index (Phi) is 4.57. The van der Waals surface area contributed by atoms with E-state index in [2.05, 4.69) is 5.32 Å². The molecule has 2 heterocycles. The Labute approximate surface area is 140 Å². The van der Waals surface area contributed by atoms with E-state index in [9.17, 15) is 18.8 Å². The third-order valence-electron chi connectivity index (χ3n) is 3.42. The smallest absolute Gasteiger partial charge is 0.348 e. The Morgan fingerprint density at radius 2 is 1.96 bits per heavy atom. The fourth-order valence-electron chi connectivity index (χ4n) is 2.20. The number of esters is 1. The number of carbonyl (C=O) groups is 3. The second kappa shape index (κ2) is 6.79. The van der Waals surface area contributed by atoms with Crippen LogP contribution >= 0.6 is 11.3 Å². The van der Waals surface area contributed by atoms with Gasteiger partial charge in [-0.1, -0.05) is 12.1 Å². The van der Waals surface area contributed by atoms with Crippen LogP contribution in [0.5, 0.6) is 0 Å². The van der Waals surface area contributed by atoms with Crippen LogP contribution in [0.25, 0.3) is 10.4 Å². The predicted octanol–water partition coefficient (Wildman–Crippen LogP) is 2.26. The van der Waals surface area contributed by atoms with Gasteiger partial charge in [-0.15, -0.1) is 11.3 Å². The molecule has 0 bridgehead atoms. The molecule has 1 saturated heterocycles. The van der Waals surface area contributed by atoms with Gasteiger partial charge in [0.1, 0.15) is 10.7 Å². The van der Waals surface area contributed by atoms with E-state index in [1.165, 1.54) is 23.5 Å². The molecule has 3 amide bonds. The molecule has 1 aromatic heterocycles. The molecule has 1 aromatic carbocycles. The van der Waals surface area contributed by atoms with Crippen LogP contribution in [0.3, 0.4) is 0 Å². The zero-order chi connectivity index (χ0) is 17.1. The number of hydrogen-bond donors (Lipinski definition) is 1. The quantitative estimate of drug-likeness (QED) is 0.860. The van der Waals surface area contributed by atoms with E-state index in [4.69, 9.17) is 4.74 Å². The predicted molar refractivity (Wildman–Crippen MR) is 85.1 cm³/mol. The van der Waals surface area contributed by atoms with Crippen molar-refractivity contribution < 1.29 is 23.5 Å². The second-order valence-electron chi connectivity index (χ2n) is 5.02. The maximum absolute atomic E-state index is 12.9. The van der Waals surface area contributed by atoms with Crippen molar-refractivity contribution >= 4 is 29.2 Å². The molecular weight excluding hydrogens is 335 g/mol. The normalized spacial score (nSPS) is 13.7. The maximum Gasteiger partial charge on any atom is 0.348 e. The van der Waals surface area contributed by atoms with Gasteiger partial charge in [0.2, 0.25) is 0 Å². The highest BCUT2D eigenvalue weighted by atomic mass is 32.1. The van der Waals surface area contributed by atoms with Crippen LogP contribution in [0, 0.1) is 5.82 Å². The summed E-state index contributed by atoms with van der Waals surface area (Å²) in [6.45, 7) is 0.170. The molecule has 3 rings (SSSR count). The van der Waals surface area contributed by atoms with Crippen molar-refractivity contribution in [3.63, 3.8) is 0 Å². The summed E-state index contributed by atoms with van der Waals surface area (Å²) in [6.07, 6.45) is 0. The minimum absolute atomic E-state index is 0.267. The summed E-state index contributed by atoms with van der Waals surface area (Å²) >= 11 is 1.18. The number of ether oxygens (including phenoxy) is 1. The lowest BCUT2D eigenvalue weighted by Crippen LogP contribution is -2.37. The molecule has 1 N–H and O–H groups in total. The summed E-state index contributed by atoms with van der Waals surface area (Å²) in [5.41, 5.74) is 0.783. The van der Waals surface area contributed by atoms with Gasteiger partial charge in [-0.2, -0.15) is 0 Å². The van der Waals surface area contributed by atoms with Crippen molar-refractivity contribution in [2.24, 2.45) is 0 Å². The average Bonchev–Trinajstić information content (AvgIpc) is 3.22. The van der Waals surface area contributed by atoms with E-state index < -0.39 is 24.5 Å². The van der Waals surface area contributed by atoms with Gasteiger partial charge in [0.05, 0.1) is 0 Å². The van der Waals surface area contributed by atoms with Gasteiger partial charge < -0.3 is 10.1 Å². The molecule has 0 aliphatic carbocycles. The summed E-state index contributed by atoms with van der Waals surface area (Å²) in [7, 11) is 0. The zero-order valence-corrected chi connectivity index (χ0v) is 13.3. The van der Waals surface area contributed by atoms with Crippen LogP contribution in [-0.2, 0) is 9.53 Å². The number of urea groups is 1. The van der Waals surface area contributed by atoms with E-state index in [-0.39, 0.29) is 12.4 Å². The number of nitrogens with zero attached hydrogens (tertiary/aromatic N) is 1. The maximum atomic E-state index is 12.9. The fraction of sp³-hybridized carbons (Fsp3) is 0.188. The zero-order valence-electron chi connectivity index (χ0n) is 12.5. The van der Waals surface area contributed by atoms with Crippen LogP contribution < -0.4 is 5.32 Å². The molecule has 0 spiro atoms. The number of rotatable bonds is 4. The topological polar surface area (TPSA) is 75.7 Å². The lowest BCUT2D eigenvalue weighted by molar-refractivity contribution is -0.130. The molecule has 1 fully saturated rings. The minimum atomic E-state index is -0.638. The van der Waals surface area contributed by atoms with Gasteiger partial charge in [0.25, 0.3) is 5.91 Å². The SMILES string of the molecule is O=C(OCC(=O)N1CCNC1=O)c1ccc(-c2ccc(F)cc2)s1. The number of halogens is 1. The molecule has 6 nitrogen and oxygen atoms in total. The van der Waals surface area contributed by atoms with Crippen LogP contribution in [0.4, 0.5) is 9.18 Å². The molecule has 8 heteroatoms. The third-order valence-corrected chi connectivity index (χ3v) is 4.53. The minimum Gasteiger partial charge on any atom is -0.451 e. The summed E-state index contributed by atoms with van der Waals surface area (Å²) in [4.78, 5) is 37.3. The Hall–Kier alpha value is -2.74. The highest BCUT2D eigenvalue weighted by molar-refractivity contribution is 7.17. The van der Waals surface area contributed by atoms with Gasteiger partial charge in [-0.3, -0.25) is 9.69 Å². The number of imide groups is 1. The Morgan fingerprint density at radius 1 is 1.21 bits per heavy atom. The van der Waals surface area contributed by atoms with Crippen LogP contribution in [0.1, 0.15) is 9.67 Å². The lowest BCUT2D eigenvalue weighted by Gasteiger charge is -2.11. The molecule has 124 valence electrons. The first kappa shape index (κ1) is 16.1. The van der Waals surface area contributed by atoms with Crippen molar-refractivity contribution in [1.29, 1.82) is 0 Å². The van der Waals surface area contributed by atoms with E-state index in [0.717, 1.165) is 15.3 Å². The Balaban J connectivity index is 1.60. The van der Waals surface area contributed by atoms with Gasteiger partial charge >= 0.3 is 12.0 Å². The third kappa shape index (κ3) is 3.43. The number of hydrogen-bond acceptors (Lipinski definition) is 5. The highest BCUT2D eigenvalue weighted by Gasteiger charge is 2.27. The Morgan fingerprint density at radius 3 is 2.62 bits per heavy atom. The van der Waals surface area contributed by atoms with Crippen molar-refractivity contribution in [3.8, 4) is 10.4 Å². The number of benzene rings is 1. The van der Waals surface area contributed by atoms with Crippen LogP contribution in [0.15, 0.2) is 36.4 Å². The summed E-state index contributed by atoms with van der Waals surface area (Å²) in [5.74, 6) is -1.53. The molecule has 0 radical (unpaired) electrons. The monoisotopic (exact) mass is 348 g/mol. The largest absolute Gasteiger partial charge is 0.451 e. The molecule has 0 saturated carbocycles. The van der Waals surface area contributed by atoms with E-state index in [1.54, 1.807) is 24.3 Å². The first-order valence-electron chi connectivity index (χ1n) is 7.16. The van der Waals surface area contributed by atoms with E-state index in [0.29, 0.717) is 11.4 Å². The van der Waals surface area contributed by atoms with Crippen molar-refractivity contribution in [3.05, 3.63) is 47.1 Å². The second-order valence-corrected chi connectivity index (χ2v) is 6.11. The number of nitrogens with one attached hydrogen (secondary N) is 1. The van der Waals surface area contributed by atoms with Crippen molar-refractivity contribution in [2.45, 2.75) is 0 Å². The number of amides is 3. The van der Waals surface area contributed by atoms with E-state index in [1.807, 2.05) is 0 Å². The van der Waals surface area contributed by atoms with Crippen molar-refractivity contribution in [1.82, 2.24) is 10.2 Å². The van der Waals surface area contributed by atoms with Crippen LogP contribution in [0.2, 0.25) is 0 Å². The Bertz CT molecular complexity index is 788. The van der Waals surface area contributed by atoms with Gasteiger partial charge in [0.15, 0.2) is 6.61 Å². The first-order valence-corrected chi connectivity index (χ1v) is 7.97. The van der Waals surface area contributed by atoms with Gasteiger partial charge in [-0.25, -0.2) is 14.0 Å². The molecule has 0 atom stereocenters. The highest BCUT2D eigenvalue weighted by Crippen LogP contribution is 2.28. The molecule has 1 aliphatic heterocycles.